The van der Waals surface area contributed by atoms with Crippen LogP contribution in [0.15, 0.2) is 17.7 Å². The molecule has 0 aliphatic carbocycles. The molecule has 2 nitrogen and oxygen atoms in total. The fourth-order valence-corrected chi connectivity index (χ4v) is 1.79. The Kier molecular flexibility index (Phi) is 2.92. The summed E-state index contributed by atoms with van der Waals surface area (Å²) in [7, 11) is 0. The second-order valence-electron chi connectivity index (χ2n) is 3.95. The van der Waals surface area contributed by atoms with E-state index < -0.39 is 17.5 Å². The summed E-state index contributed by atoms with van der Waals surface area (Å²) in [5.74, 6) is -3.31. The van der Waals surface area contributed by atoms with Crippen LogP contribution in [-0.4, -0.2) is 5.91 Å². The molecule has 1 aromatic rings. The molecular weight excluding hydrogens is 231 g/mol. The number of benzene rings is 1. The van der Waals surface area contributed by atoms with Gasteiger partial charge < -0.3 is 5.32 Å². The molecule has 1 aliphatic rings. The van der Waals surface area contributed by atoms with E-state index in [1.165, 1.54) is 0 Å². The van der Waals surface area contributed by atoms with Gasteiger partial charge in [-0.1, -0.05) is 0 Å². The van der Waals surface area contributed by atoms with Crippen molar-refractivity contribution in [2.75, 3.05) is 0 Å². The highest BCUT2D eigenvalue weighted by Crippen LogP contribution is 2.28. The highest BCUT2D eigenvalue weighted by atomic mass is 19.1. The number of nitrogens with one attached hydrogen (secondary N) is 1. The van der Waals surface area contributed by atoms with E-state index in [0.29, 0.717) is 30.5 Å². The van der Waals surface area contributed by atoms with Gasteiger partial charge in [0, 0.05) is 18.6 Å². The predicted octanol–water partition coefficient (Wildman–Crippen LogP) is 2.74. The number of carbonyl (C=O) groups excluding carboxylic acids is 1. The van der Waals surface area contributed by atoms with Crippen LogP contribution in [0, 0.1) is 17.5 Å². The Morgan fingerprint density at radius 1 is 1.12 bits per heavy atom. The molecule has 0 saturated carbocycles. The van der Waals surface area contributed by atoms with E-state index in [2.05, 4.69) is 5.32 Å². The predicted molar refractivity (Wildman–Crippen MR) is 56.3 cm³/mol. The molecule has 0 saturated heterocycles. The Morgan fingerprint density at radius 2 is 1.71 bits per heavy atom. The maximum Gasteiger partial charge on any atom is 0.224 e. The first kappa shape index (κ1) is 11.7. The maximum absolute atomic E-state index is 13.5. The summed E-state index contributed by atoms with van der Waals surface area (Å²) in [4.78, 5) is 11.2. The highest BCUT2D eigenvalue weighted by molar-refractivity contribution is 5.90. The molecule has 1 aromatic carbocycles. The molecule has 0 aromatic heterocycles. The number of hydrogen-bond donors (Lipinski definition) is 1. The summed E-state index contributed by atoms with van der Waals surface area (Å²) in [6, 6.07) is 1.19. The lowest BCUT2D eigenvalue weighted by molar-refractivity contribution is -0.120. The zero-order chi connectivity index (χ0) is 12.6. The summed E-state index contributed by atoms with van der Waals surface area (Å²) in [6.45, 7) is 1.68. The SMILES string of the molecule is CC1=C(c2c(F)cc(F)cc2F)NC(=O)CC1. The van der Waals surface area contributed by atoms with Crippen molar-refractivity contribution in [3.63, 3.8) is 0 Å². The van der Waals surface area contributed by atoms with Crippen molar-refractivity contribution in [2.24, 2.45) is 0 Å². The zero-order valence-electron chi connectivity index (χ0n) is 9.11. The molecule has 2 rings (SSSR count). The minimum atomic E-state index is -1.01. The van der Waals surface area contributed by atoms with Crippen molar-refractivity contribution in [2.45, 2.75) is 19.8 Å². The van der Waals surface area contributed by atoms with Crippen LogP contribution in [0.3, 0.4) is 0 Å². The smallest absolute Gasteiger partial charge is 0.224 e. The molecule has 0 spiro atoms. The van der Waals surface area contributed by atoms with Gasteiger partial charge in [-0.3, -0.25) is 4.79 Å². The lowest BCUT2D eigenvalue weighted by Gasteiger charge is -2.19. The number of rotatable bonds is 1. The van der Waals surface area contributed by atoms with Gasteiger partial charge in [0.1, 0.15) is 17.5 Å². The number of amides is 1. The second kappa shape index (κ2) is 4.24. The minimum absolute atomic E-state index is 0.108. The van der Waals surface area contributed by atoms with E-state index >= 15 is 0 Å². The summed E-state index contributed by atoms with van der Waals surface area (Å²) < 4.78 is 39.8. The standard InChI is InChI=1S/C12H10F3NO/c1-6-2-3-10(17)16-12(6)11-8(14)4-7(13)5-9(11)15/h4-5H,2-3H2,1H3,(H,16,17). The van der Waals surface area contributed by atoms with E-state index in [1.54, 1.807) is 6.92 Å². The normalized spacial score (nSPS) is 16.1. The molecular formula is C12H10F3NO. The third-order valence-electron chi connectivity index (χ3n) is 2.68. The molecule has 1 N–H and O–H groups in total. The maximum atomic E-state index is 13.5. The van der Waals surface area contributed by atoms with Gasteiger partial charge in [-0.15, -0.1) is 0 Å². The zero-order valence-corrected chi connectivity index (χ0v) is 9.11. The Bertz CT molecular complexity index is 499. The lowest BCUT2D eigenvalue weighted by Crippen LogP contribution is -2.27. The largest absolute Gasteiger partial charge is 0.325 e. The molecule has 0 fully saturated rings. The molecule has 0 atom stereocenters. The van der Waals surface area contributed by atoms with Gasteiger partial charge >= 0.3 is 0 Å². The number of carbonyl (C=O) groups is 1. The molecule has 1 amide bonds. The van der Waals surface area contributed by atoms with Gasteiger partial charge in [0.05, 0.1) is 11.3 Å². The minimum Gasteiger partial charge on any atom is -0.325 e. The van der Waals surface area contributed by atoms with Crippen LogP contribution in [-0.2, 0) is 4.79 Å². The van der Waals surface area contributed by atoms with Crippen LogP contribution < -0.4 is 5.32 Å². The fourth-order valence-electron chi connectivity index (χ4n) is 1.79. The molecule has 90 valence electrons. The Hall–Kier alpha value is -1.78. The van der Waals surface area contributed by atoms with Crippen LogP contribution >= 0.6 is 0 Å². The summed E-state index contributed by atoms with van der Waals surface area (Å²) in [6.07, 6.45) is 0.733. The van der Waals surface area contributed by atoms with Crippen LogP contribution in [0.4, 0.5) is 13.2 Å². The molecule has 0 bridgehead atoms. The third kappa shape index (κ3) is 2.18. The monoisotopic (exact) mass is 241 g/mol. The van der Waals surface area contributed by atoms with Crippen LogP contribution in [0.1, 0.15) is 25.3 Å². The van der Waals surface area contributed by atoms with Gasteiger partial charge in [-0.2, -0.15) is 0 Å². The van der Waals surface area contributed by atoms with E-state index in [9.17, 15) is 18.0 Å². The van der Waals surface area contributed by atoms with Crippen molar-refractivity contribution in [1.82, 2.24) is 5.32 Å². The van der Waals surface area contributed by atoms with Crippen molar-refractivity contribution in [3.8, 4) is 0 Å². The Labute approximate surface area is 96.1 Å². The van der Waals surface area contributed by atoms with E-state index in [4.69, 9.17) is 0 Å². The van der Waals surface area contributed by atoms with Gasteiger partial charge in [0.15, 0.2) is 0 Å². The first-order valence-corrected chi connectivity index (χ1v) is 5.13. The van der Waals surface area contributed by atoms with Crippen molar-refractivity contribution < 1.29 is 18.0 Å². The summed E-state index contributed by atoms with van der Waals surface area (Å²) in [5, 5.41) is 2.42. The molecule has 1 heterocycles. The quantitative estimate of drug-likeness (QED) is 0.804. The number of halogens is 3. The van der Waals surface area contributed by atoms with E-state index in [1.807, 2.05) is 0 Å². The van der Waals surface area contributed by atoms with Crippen LogP contribution in [0.2, 0.25) is 0 Å². The van der Waals surface area contributed by atoms with Gasteiger partial charge in [0.25, 0.3) is 0 Å². The number of hydrogen-bond acceptors (Lipinski definition) is 1. The molecule has 5 heteroatoms. The molecule has 0 radical (unpaired) electrons. The summed E-state index contributed by atoms with van der Waals surface area (Å²) >= 11 is 0. The second-order valence-corrected chi connectivity index (χ2v) is 3.95. The van der Waals surface area contributed by atoms with Crippen LogP contribution in [0.5, 0.6) is 0 Å². The Morgan fingerprint density at radius 3 is 2.29 bits per heavy atom. The lowest BCUT2D eigenvalue weighted by atomic mass is 9.99. The molecule has 1 aliphatic heterocycles. The highest BCUT2D eigenvalue weighted by Gasteiger charge is 2.22. The fraction of sp³-hybridized carbons (Fsp3) is 0.250. The summed E-state index contributed by atoms with van der Waals surface area (Å²) in [5.41, 5.74) is 0.405. The van der Waals surface area contributed by atoms with Crippen molar-refractivity contribution >= 4 is 11.6 Å². The molecule has 0 unspecified atom stereocenters. The van der Waals surface area contributed by atoms with Gasteiger partial charge in [-0.25, -0.2) is 13.2 Å². The number of allylic oxidation sites excluding steroid dienone is 1. The van der Waals surface area contributed by atoms with Gasteiger partial charge in [-0.05, 0) is 18.9 Å². The topological polar surface area (TPSA) is 29.1 Å². The average Bonchev–Trinajstić information content (AvgIpc) is 2.21. The van der Waals surface area contributed by atoms with Gasteiger partial charge in [0.2, 0.25) is 5.91 Å². The average molecular weight is 241 g/mol. The van der Waals surface area contributed by atoms with Crippen LogP contribution in [0.25, 0.3) is 5.70 Å². The van der Waals surface area contributed by atoms with Crippen molar-refractivity contribution in [3.05, 3.63) is 40.7 Å². The first-order valence-electron chi connectivity index (χ1n) is 5.13. The van der Waals surface area contributed by atoms with E-state index in [-0.39, 0.29) is 17.2 Å². The van der Waals surface area contributed by atoms with Crippen molar-refractivity contribution in [1.29, 1.82) is 0 Å². The molecule has 17 heavy (non-hydrogen) atoms. The first-order chi connectivity index (χ1) is 7.99. The Balaban J connectivity index is 2.57. The third-order valence-corrected chi connectivity index (χ3v) is 2.68. The van der Waals surface area contributed by atoms with E-state index in [0.717, 1.165) is 0 Å².